The Labute approximate surface area is 189 Å². The molecule has 0 radical (unpaired) electrons. The van der Waals surface area contributed by atoms with Gasteiger partial charge in [-0.1, -0.05) is 18.2 Å². The summed E-state index contributed by atoms with van der Waals surface area (Å²) >= 11 is 0. The number of guanidine groups is 1. The molecule has 0 saturated carbocycles. The SMILES string of the molecule is Cc1cc(C)n(-c2ccccc2CN=C(N)Nc2ccc(OC(F)(F)F)cc2)n1.I. The fourth-order valence-corrected chi connectivity index (χ4v) is 2.82. The molecule has 0 spiro atoms. The normalized spacial score (nSPS) is 11.7. The van der Waals surface area contributed by atoms with Gasteiger partial charge in [0.25, 0.3) is 0 Å². The molecule has 3 aromatic rings. The molecule has 0 aliphatic rings. The van der Waals surface area contributed by atoms with Gasteiger partial charge in [-0.2, -0.15) is 5.10 Å². The van der Waals surface area contributed by atoms with E-state index in [1.165, 1.54) is 24.3 Å². The van der Waals surface area contributed by atoms with Gasteiger partial charge in [0, 0.05) is 11.4 Å². The molecule has 10 heteroatoms. The van der Waals surface area contributed by atoms with Crippen LogP contribution >= 0.6 is 24.0 Å². The number of aromatic nitrogens is 2. The third-order valence-corrected chi connectivity index (χ3v) is 4.01. The molecule has 0 saturated heterocycles. The van der Waals surface area contributed by atoms with E-state index in [0.717, 1.165) is 22.6 Å². The van der Waals surface area contributed by atoms with Crippen LogP contribution in [0.3, 0.4) is 0 Å². The Morgan fingerprint density at radius 3 is 2.40 bits per heavy atom. The molecule has 3 rings (SSSR count). The molecule has 3 N–H and O–H groups in total. The fourth-order valence-electron chi connectivity index (χ4n) is 2.82. The van der Waals surface area contributed by atoms with Crippen molar-refractivity contribution >= 4 is 35.6 Å². The predicted molar refractivity (Wildman–Crippen MR) is 121 cm³/mol. The highest BCUT2D eigenvalue weighted by Crippen LogP contribution is 2.24. The van der Waals surface area contributed by atoms with E-state index in [9.17, 15) is 13.2 Å². The van der Waals surface area contributed by atoms with Crippen LogP contribution in [0.15, 0.2) is 59.6 Å². The van der Waals surface area contributed by atoms with Crippen LogP contribution < -0.4 is 15.8 Å². The van der Waals surface area contributed by atoms with Gasteiger partial charge in [0.2, 0.25) is 0 Å². The monoisotopic (exact) mass is 531 g/mol. The van der Waals surface area contributed by atoms with Crippen LogP contribution in [0, 0.1) is 13.8 Å². The number of nitrogens with zero attached hydrogens (tertiary/aromatic N) is 3. The van der Waals surface area contributed by atoms with E-state index in [1.54, 1.807) is 0 Å². The third kappa shape index (κ3) is 6.37. The first-order valence-electron chi connectivity index (χ1n) is 8.75. The quantitative estimate of drug-likeness (QED) is 0.278. The van der Waals surface area contributed by atoms with Crippen molar-refractivity contribution in [3.63, 3.8) is 0 Å². The smallest absolute Gasteiger partial charge is 0.406 e. The lowest BCUT2D eigenvalue weighted by Gasteiger charge is -2.11. The maximum Gasteiger partial charge on any atom is 0.573 e. The molecule has 6 nitrogen and oxygen atoms in total. The van der Waals surface area contributed by atoms with Gasteiger partial charge < -0.3 is 15.8 Å². The van der Waals surface area contributed by atoms with Gasteiger partial charge in [0.05, 0.1) is 17.9 Å². The molecule has 0 aliphatic heterocycles. The molecule has 0 bridgehead atoms. The van der Waals surface area contributed by atoms with Crippen molar-refractivity contribution in [2.24, 2.45) is 10.7 Å². The van der Waals surface area contributed by atoms with Crippen LogP contribution in [0.5, 0.6) is 5.75 Å². The molecule has 0 atom stereocenters. The first-order valence-corrected chi connectivity index (χ1v) is 8.75. The Morgan fingerprint density at radius 2 is 1.80 bits per heavy atom. The van der Waals surface area contributed by atoms with Crippen LogP contribution in [0.1, 0.15) is 17.0 Å². The standard InChI is InChI=1S/C20H20F3N5O.HI/c1-13-11-14(2)28(27-13)18-6-4-3-5-15(18)12-25-19(24)26-16-7-9-17(10-8-16)29-20(21,22)23;/h3-11H,12H2,1-2H3,(H3,24,25,26);1H. The lowest BCUT2D eigenvalue weighted by molar-refractivity contribution is -0.274. The number of halogens is 4. The zero-order valence-electron chi connectivity index (χ0n) is 16.3. The van der Waals surface area contributed by atoms with E-state index in [-0.39, 0.29) is 35.7 Å². The summed E-state index contributed by atoms with van der Waals surface area (Å²) in [6, 6.07) is 14.9. The minimum atomic E-state index is -4.73. The Bertz CT molecular complexity index is 1020. The number of nitrogens with one attached hydrogen (secondary N) is 1. The molecule has 0 fully saturated rings. The maximum absolute atomic E-state index is 12.2. The van der Waals surface area contributed by atoms with E-state index < -0.39 is 6.36 Å². The number of anilines is 1. The number of para-hydroxylation sites is 1. The summed E-state index contributed by atoms with van der Waals surface area (Å²) in [5.41, 5.74) is 10.2. The van der Waals surface area contributed by atoms with Crippen molar-refractivity contribution in [3.05, 3.63) is 71.5 Å². The van der Waals surface area contributed by atoms with Gasteiger partial charge in [-0.25, -0.2) is 9.67 Å². The minimum Gasteiger partial charge on any atom is -0.406 e. The first kappa shape index (κ1) is 23.5. The lowest BCUT2D eigenvalue weighted by Crippen LogP contribution is -2.22. The number of aliphatic imine (C=N–C) groups is 1. The summed E-state index contributed by atoms with van der Waals surface area (Å²) in [5.74, 6) is -0.171. The lowest BCUT2D eigenvalue weighted by atomic mass is 10.2. The van der Waals surface area contributed by atoms with Crippen molar-refractivity contribution in [1.82, 2.24) is 9.78 Å². The number of rotatable bonds is 5. The summed E-state index contributed by atoms with van der Waals surface area (Å²) < 4.78 is 42.3. The number of nitrogens with two attached hydrogens (primary N) is 1. The fraction of sp³-hybridized carbons (Fsp3) is 0.200. The van der Waals surface area contributed by atoms with Crippen LogP contribution in [0.2, 0.25) is 0 Å². The molecule has 30 heavy (non-hydrogen) atoms. The van der Waals surface area contributed by atoms with E-state index >= 15 is 0 Å². The number of ether oxygens (including phenoxy) is 1. The second-order valence-corrected chi connectivity index (χ2v) is 6.37. The van der Waals surface area contributed by atoms with Gasteiger partial charge >= 0.3 is 6.36 Å². The van der Waals surface area contributed by atoms with E-state index in [1.807, 2.05) is 48.9 Å². The van der Waals surface area contributed by atoms with Crippen molar-refractivity contribution < 1.29 is 17.9 Å². The van der Waals surface area contributed by atoms with Crippen molar-refractivity contribution in [2.45, 2.75) is 26.8 Å². The number of alkyl halides is 3. The van der Waals surface area contributed by atoms with Crippen LogP contribution in [-0.4, -0.2) is 22.1 Å². The van der Waals surface area contributed by atoms with E-state index in [2.05, 4.69) is 20.1 Å². The van der Waals surface area contributed by atoms with Crippen molar-refractivity contribution in [3.8, 4) is 11.4 Å². The Kier molecular flexibility index (Phi) is 7.71. The highest BCUT2D eigenvalue weighted by atomic mass is 127. The van der Waals surface area contributed by atoms with Crippen LogP contribution in [-0.2, 0) is 6.54 Å². The molecular formula is C20H21F3IN5O. The first-order chi connectivity index (χ1) is 13.7. The van der Waals surface area contributed by atoms with E-state index in [0.29, 0.717) is 12.2 Å². The molecule has 0 aliphatic carbocycles. The highest BCUT2D eigenvalue weighted by molar-refractivity contribution is 14.0. The Morgan fingerprint density at radius 1 is 1.13 bits per heavy atom. The zero-order chi connectivity index (χ0) is 21.0. The van der Waals surface area contributed by atoms with Gasteiger partial charge in [0.15, 0.2) is 5.96 Å². The van der Waals surface area contributed by atoms with E-state index in [4.69, 9.17) is 5.73 Å². The molecular weight excluding hydrogens is 510 g/mol. The van der Waals surface area contributed by atoms with Crippen LogP contribution in [0.25, 0.3) is 5.69 Å². The maximum atomic E-state index is 12.2. The topological polar surface area (TPSA) is 77.5 Å². The molecule has 0 unspecified atom stereocenters. The molecule has 1 heterocycles. The molecule has 160 valence electrons. The molecule has 0 amide bonds. The van der Waals surface area contributed by atoms with Gasteiger partial charge in [0.1, 0.15) is 5.75 Å². The average Bonchev–Trinajstić information content (AvgIpc) is 2.99. The average molecular weight is 531 g/mol. The number of aryl methyl sites for hydroxylation is 2. The number of hydrogen-bond donors (Lipinski definition) is 2. The number of hydrogen-bond acceptors (Lipinski definition) is 3. The summed E-state index contributed by atoms with van der Waals surface area (Å²) in [4.78, 5) is 4.33. The van der Waals surface area contributed by atoms with Crippen molar-refractivity contribution in [1.29, 1.82) is 0 Å². The Hall–Kier alpha value is -2.76. The highest BCUT2D eigenvalue weighted by Gasteiger charge is 2.30. The second kappa shape index (κ2) is 9.83. The van der Waals surface area contributed by atoms with Gasteiger partial charge in [-0.05, 0) is 55.8 Å². The third-order valence-electron chi connectivity index (χ3n) is 4.01. The molecule has 2 aromatic carbocycles. The predicted octanol–water partition coefficient (Wildman–Crippen LogP) is 4.93. The molecule has 1 aromatic heterocycles. The largest absolute Gasteiger partial charge is 0.573 e. The second-order valence-electron chi connectivity index (χ2n) is 6.37. The summed E-state index contributed by atoms with van der Waals surface area (Å²) in [6.07, 6.45) is -4.73. The summed E-state index contributed by atoms with van der Waals surface area (Å²) in [5, 5.41) is 7.34. The van der Waals surface area contributed by atoms with Gasteiger partial charge in [-0.15, -0.1) is 37.1 Å². The minimum absolute atomic E-state index is 0. The van der Waals surface area contributed by atoms with Crippen molar-refractivity contribution in [2.75, 3.05) is 5.32 Å². The number of benzene rings is 2. The summed E-state index contributed by atoms with van der Waals surface area (Å²) in [6.45, 7) is 4.21. The Balaban J connectivity index is 0.00000320. The van der Waals surface area contributed by atoms with Crippen LogP contribution in [0.4, 0.5) is 18.9 Å². The zero-order valence-corrected chi connectivity index (χ0v) is 18.6. The summed E-state index contributed by atoms with van der Waals surface area (Å²) in [7, 11) is 0. The van der Waals surface area contributed by atoms with Gasteiger partial charge in [-0.3, -0.25) is 0 Å².